The Morgan fingerprint density at radius 1 is 1.11 bits per heavy atom. The number of rotatable bonds is 7. The molecule has 0 aliphatic carbocycles. The molecule has 2 rings (SSSR count). The van der Waals surface area contributed by atoms with Crippen LogP contribution in [0, 0.1) is 0 Å². The highest BCUT2D eigenvalue weighted by molar-refractivity contribution is 7.07. The van der Waals surface area contributed by atoms with Crippen LogP contribution >= 0.6 is 11.3 Å². The second-order valence-electron chi connectivity index (χ2n) is 4.14. The summed E-state index contributed by atoms with van der Waals surface area (Å²) in [6, 6.07) is 8.20. The van der Waals surface area contributed by atoms with E-state index in [0.29, 0.717) is 0 Å². The maximum absolute atomic E-state index is 4.51. The highest BCUT2D eigenvalue weighted by atomic mass is 32.1. The van der Waals surface area contributed by atoms with Crippen LogP contribution in [0.25, 0.3) is 0 Å². The van der Waals surface area contributed by atoms with E-state index in [1.807, 2.05) is 18.2 Å². The molecule has 4 heteroatoms. The normalized spacial score (nSPS) is 10.3. The standard InChI is InChI=1S/C14H19N3S/c1-2-8-15-13-4-3-5-14(17-13)16-9-6-12-7-10-18-11-12/h3-5,7,10-11H,2,6,8-9H2,1H3,(H2,15,16,17). The van der Waals surface area contributed by atoms with Gasteiger partial charge in [0.15, 0.2) is 0 Å². The molecule has 18 heavy (non-hydrogen) atoms. The highest BCUT2D eigenvalue weighted by Gasteiger charge is 1.97. The van der Waals surface area contributed by atoms with E-state index in [-0.39, 0.29) is 0 Å². The fourth-order valence-electron chi connectivity index (χ4n) is 1.65. The number of pyridine rings is 1. The van der Waals surface area contributed by atoms with Crippen molar-refractivity contribution < 1.29 is 0 Å². The second-order valence-corrected chi connectivity index (χ2v) is 4.92. The third-order valence-electron chi connectivity index (χ3n) is 2.61. The van der Waals surface area contributed by atoms with Crippen molar-refractivity contribution in [3.8, 4) is 0 Å². The zero-order valence-corrected chi connectivity index (χ0v) is 11.5. The Hall–Kier alpha value is -1.55. The van der Waals surface area contributed by atoms with E-state index < -0.39 is 0 Å². The largest absolute Gasteiger partial charge is 0.370 e. The predicted octanol–water partition coefficient (Wildman–Crippen LogP) is 3.62. The number of hydrogen-bond donors (Lipinski definition) is 2. The van der Waals surface area contributed by atoms with Crippen molar-refractivity contribution in [3.63, 3.8) is 0 Å². The lowest BCUT2D eigenvalue weighted by atomic mass is 10.2. The van der Waals surface area contributed by atoms with Crippen molar-refractivity contribution in [2.45, 2.75) is 19.8 Å². The van der Waals surface area contributed by atoms with Gasteiger partial charge >= 0.3 is 0 Å². The molecule has 0 aromatic carbocycles. The maximum atomic E-state index is 4.51. The molecule has 96 valence electrons. The molecule has 2 aromatic heterocycles. The SMILES string of the molecule is CCCNc1cccc(NCCc2ccsc2)n1. The van der Waals surface area contributed by atoms with E-state index in [0.717, 1.165) is 37.6 Å². The minimum Gasteiger partial charge on any atom is -0.370 e. The maximum Gasteiger partial charge on any atom is 0.128 e. The zero-order valence-electron chi connectivity index (χ0n) is 10.6. The van der Waals surface area contributed by atoms with Crippen molar-refractivity contribution in [1.82, 2.24) is 4.98 Å². The van der Waals surface area contributed by atoms with Gasteiger partial charge in [-0.25, -0.2) is 4.98 Å². The molecule has 0 amide bonds. The van der Waals surface area contributed by atoms with Crippen LogP contribution < -0.4 is 10.6 Å². The van der Waals surface area contributed by atoms with Gasteiger partial charge in [0, 0.05) is 13.1 Å². The molecule has 0 atom stereocenters. The van der Waals surface area contributed by atoms with Gasteiger partial charge in [0.05, 0.1) is 0 Å². The lowest BCUT2D eigenvalue weighted by molar-refractivity contribution is 0.965. The first-order valence-electron chi connectivity index (χ1n) is 6.34. The monoisotopic (exact) mass is 261 g/mol. The molecule has 0 aliphatic rings. The van der Waals surface area contributed by atoms with Gasteiger partial charge in [-0.1, -0.05) is 13.0 Å². The predicted molar refractivity (Wildman–Crippen MR) is 79.5 cm³/mol. The van der Waals surface area contributed by atoms with Crippen LogP contribution in [0.4, 0.5) is 11.6 Å². The molecular formula is C14H19N3S. The molecule has 3 nitrogen and oxygen atoms in total. The van der Waals surface area contributed by atoms with Gasteiger partial charge in [-0.15, -0.1) is 0 Å². The van der Waals surface area contributed by atoms with E-state index in [2.05, 4.69) is 39.4 Å². The van der Waals surface area contributed by atoms with Crippen molar-refractivity contribution >= 4 is 23.0 Å². The Morgan fingerprint density at radius 3 is 2.56 bits per heavy atom. The van der Waals surface area contributed by atoms with Gasteiger partial charge < -0.3 is 10.6 Å². The summed E-state index contributed by atoms with van der Waals surface area (Å²) in [6.45, 7) is 4.03. The van der Waals surface area contributed by atoms with Gasteiger partial charge in [-0.3, -0.25) is 0 Å². The van der Waals surface area contributed by atoms with Gasteiger partial charge in [-0.05, 0) is 47.4 Å². The van der Waals surface area contributed by atoms with Crippen molar-refractivity contribution in [1.29, 1.82) is 0 Å². The van der Waals surface area contributed by atoms with E-state index in [1.54, 1.807) is 11.3 Å². The zero-order chi connectivity index (χ0) is 12.6. The summed E-state index contributed by atoms with van der Waals surface area (Å²) in [5.74, 6) is 1.88. The minimum absolute atomic E-state index is 0.918. The smallest absolute Gasteiger partial charge is 0.128 e. The summed E-state index contributed by atoms with van der Waals surface area (Å²) < 4.78 is 0. The summed E-state index contributed by atoms with van der Waals surface area (Å²) in [6.07, 6.45) is 2.15. The molecular weight excluding hydrogens is 242 g/mol. The van der Waals surface area contributed by atoms with Crippen molar-refractivity contribution in [3.05, 3.63) is 40.6 Å². The Bertz CT molecular complexity index is 454. The summed E-state index contributed by atoms with van der Waals surface area (Å²) in [4.78, 5) is 4.51. The van der Waals surface area contributed by atoms with Crippen LogP contribution in [0.3, 0.4) is 0 Å². The van der Waals surface area contributed by atoms with Crippen LogP contribution in [-0.2, 0) is 6.42 Å². The van der Waals surface area contributed by atoms with E-state index >= 15 is 0 Å². The first kappa shape index (κ1) is 12.9. The van der Waals surface area contributed by atoms with Crippen molar-refractivity contribution in [2.24, 2.45) is 0 Å². The first-order valence-corrected chi connectivity index (χ1v) is 7.28. The molecule has 0 fully saturated rings. The van der Waals surface area contributed by atoms with Crippen LogP contribution in [0.2, 0.25) is 0 Å². The van der Waals surface area contributed by atoms with Gasteiger partial charge in [0.25, 0.3) is 0 Å². The van der Waals surface area contributed by atoms with Gasteiger partial charge in [-0.2, -0.15) is 11.3 Å². The van der Waals surface area contributed by atoms with E-state index in [1.165, 1.54) is 5.56 Å². The van der Waals surface area contributed by atoms with Gasteiger partial charge in [0.1, 0.15) is 11.6 Å². The van der Waals surface area contributed by atoms with Crippen LogP contribution in [0.1, 0.15) is 18.9 Å². The molecule has 0 aliphatic heterocycles. The number of anilines is 2. The molecule has 0 radical (unpaired) electrons. The Kier molecular flexibility index (Phi) is 5.02. The molecule has 0 unspecified atom stereocenters. The number of thiophene rings is 1. The van der Waals surface area contributed by atoms with Crippen LogP contribution in [-0.4, -0.2) is 18.1 Å². The van der Waals surface area contributed by atoms with Gasteiger partial charge in [0.2, 0.25) is 0 Å². The Balaban J connectivity index is 1.81. The highest BCUT2D eigenvalue weighted by Crippen LogP contribution is 2.10. The Labute approximate surface area is 112 Å². The molecule has 2 N–H and O–H groups in total. The molecule has 2 aromatic rings. The number of nitrogens with one attached hydrogen (secondary N) is 2. The third kappa shape index (κ3) is 4.04. The fraction of sp³-hybridized carbons (Fsp3) is 0.357. The number of hydrogen-bond acceptors (Lipinski definition) is 4. The number of aromatic nitrogens is 1. The fourth-order valence-corrected chi connectivity index (χ4v) is 2.36. The minimum atomic E-state index is 0.918. The molecule has 0 saturated carbocycles. The van der Waals surface area contributed by atoms with Crippen molar-refractivity contribution in [2.75, 3.05) is 23.7 Å². The molecule has 0 saturated heterocycles. The third-order valence-corrected chi connectivity index (χ3v) is 3.34. The quantitative estimate of drug-likeness (QED) is 0.799. The van der Waals surface area contributed by atoms with Crippen LogP contribution in [0.5, 0.6) is 0 Å². The van der Waals surface area contributed by atoms with E-state index in [4.69, 9.17) is 0 Å². The lowest BCUT2D eigenvalue weighted by Gasteiger charge is -2.08. The Morgan fingerprint density at radius 2 is 1.89 bits per heavy atom. The topological polar surface area (TPSA) is 37.0 Å². The van der Waals surface area contributed by atoms with Crippen LogP contribution in [0.15, 0.2) is 35.0 Å². The average Bonchev–Trinajstić information content (AvgIpc) is 2.90. The molecule has 0 spiro atoms. The molecule has 0 bridgehead atoms. The summed E-state index contributed by atoms with van der Waals surface area (Å²) in [5, 5.41) is 10.9. The summed E-state index contributed by atoms with van der Waals surface area (Å²) >= 11 is 1.74. The lowest BCUT2D eigenvalue weighted by Crippen LogP contribution is -2.07. The average molecular weight is 261 g/mol. The summed E-state index contributed by atoms with van der Waals surface area (Å²) in [7, 11) is 0. The first-order chi connectivity index (χ1) is 8.88. The van der Waals surface area contributed by atoms with E-state index in [9.17, 15) is 0 Å². The molecule has 2 heterocycles. The number of nitrogens with zero attached hydrogens (tertiary/aromatic N) is 1. The summed E-state index contributed by atoms with van der Waals surface area (Å²) in [5.41, 5.74) is 1.38. The second kappa shape index (κ2) is 7.01.